The zero-order chi connectivity index (χ0) is 8.97. The highest BCUT2D eigenvalue weighted by Crippen LogP contribution is 2.22. The molecular formula is C9H11BrO2. The highest BCUT2D eigenvalue weighted by atomic mass is 79.9. The zero-order valence-electron chi connectivity index (χ0n) is 6.88. The van der Waals surface area contributed by atoms with Gasteiger partial charge in [0, 0.05) is 11.1 Å². The highest BCUT2D eigenvalue weighted by Gasteiger charge is 1.99. The molecule has 0 aliphatic heterocycles. The molecule has 0 saturated carbocycles. The van der Waals surface area contributed by atoms with Crippen molar-refractivity contribution >= 4 is 15.9 Å². The Hall–Kier alpha value is -0.540. The molecule has 66 valence electrons. The fourth-order valence-electron chi connectivity index (χ4n) is 0.865. The van der Waals surface area contributed by atoms with E-state index in [2.05, 4.69) is 15.9 Å². The average Bonchev–Trinajstić information content (AvgIpc) is 2.03. The summed E-state index contributed by atoms with van der Waals surface area (Å²) in [6.07, 6.45) is 0. The highest BCUT2D eigenvalue weighted by molar-refractivity contribution is 9.10. The van der Waals surface area contributed by atoms with Gasteiger partial charge in [-0.2, -0.15) is 0 Å². The fraction of sp³-hybridized carbons (Fsp3) is 0.333. The Balaban J connectivity index is 2.72. The third-order valence-corrected chi connectivity index (χ3v) is 2.24. The summed E-state index contributed by atoms with van der Waals surface area (Å²) in [5.74, 6) is 0.266. The molecule has 1 rings (SSSR count). The van der Waals surface area contributed by atoms with Gasteiger partial charge in [-0.15, -0.1) is 0 Å². The molecule has 0 spiro atoms. The van der Waals surface area contributed by atoms with Gasteiger partial charge < -0.3 is 9.84 Å². The van der Waals surface area contributed by atoms with Crippen LogP contribution in [0.2, 0.25) is 0 Å². The zero-order valence-corrected chi connectivity index (χ0v) is 8.47. The number of halogens is 1. The minimum absolute atomic E-state index is 0.266. The van der Waals surface area contributed by atoms with Crippen molar-refractivity contribution < 1.29 is 9.84 Å². The minimum Gasteiger partial charge on any atom is -0.508 e. The number of rotatable bonds is 3. The maximum atomic E-state index is 9.09. The Morgan fingerprint density at radius 1 is 1.50 bits per heavy atom. The third-order valence-electron chi connectivity index (χ3n) is 1.50. The first-order valence-electron chi connectivity index (χ1n) is 3.79. The van der Waals surface area contributed by atoms with Crippen molar-refractivity contribution in [1.29, 1.82) is 0 Å². The van der Waals surface area contributed by atoms with Crippen LogP contribution in [-0.4, -0.2) is 11.7 Å². The summed E-state index contributed by atoms with van der Waals surface area (Å²) in [4.78, 5) is 0. The van der Waals surface area contributed by atoms with Crippen molar-refractivity contribution in [3.63, 3.8) is 0 Å². The number of phenols is 1. The second kappa shape index (κ2) is 4.48. The van der Waals surface area contributed by atoms with Crippen LogP contribution in [0, 0.1) is 0 Å². The van der Waals surface area contributed by atoms with Crippen LogP contribution in [0.4, 0.5) is 0 Å². The quantitative estimate of drug-likeness (QED) is 0.866. The first-order chi connectivity index (χ1) is 5.74. The van der Waals surface area contributed by atoms with E-state index in [0.29, 0.717) is 13.2 Å². The lowest BCUT2D eigenvalue weighted by Gasteiger charge is -2.04. The number of phenolic OH excluding ortho intramolecular Hbond substituents is 1. The molecule has 3 heteroatoms. The molecule has 0 atom stereocenters. The Bertz CT molecular complexity index is 261. The fourth-order valence-corrected chi connectivity index (χ4v) is 1.35. The summed E-state index contributed by atoms with van der Waals surface area (Å²) in [5.41, 5.74) is 1.05. The number of hydrogen-bond donors (Lipinski definition) is 1. The van der Waals surface area contributed by atoms with E-state index in [4.69, 9.17) is 9.84 Å². The van der Waals surface area contributed by atoms with Gasteiger partial charge in [0.05, 0.1) is 6.61 Å². The first kappa shape index (κ1) is 9.55. The third kappa shape index (κ3) is 2.50. The largest absolute Gasteiger partial charge is 0.508 e. The molecule has 2 nitrogen and oxygen atoms in total. The van der Waals surface area contributed by atoms with E-state index < -0.39 is 0 Å². The monoisotopic (exact) mass is 230 g/mol. The van der Waals surface area contributed by atoms with Crippen LogP contribution in [0.3, 0.4) is 0 Å². The molecule has 0 unspecified atom stereocenters. The molecule has 0 aromatic heterocycles. The Kier molecular flexibility index (Phi) is 3.56. The Labute approximate surface area is 80.3 Å². The van der Waals surface area contributed by atoms with E-state index >= 15 is 0 Å². The molecule has 0 saturated heterocycles. The van der Waals surface area contributed by atoms with Crippen LogP contribution < -0.4 is 0 Å². The van der Waals surface area contributed by atoms with Gasteiger partial charge in [0.25, 0.3) is 0 Å². The summed E-state index contributed by atoms with van der Waals surface area (Å²) in [6.45, 7) is 3.24. The molecule has 12 heavy (non-hydrogen) atoms. The lowest BCUT2D eigenvalue weighted by molar-refractivity contribution is 0.133. The molecular weight excluding hydrogens is 220 g/mol. The van der Waals surface area contributed by atoms with E-state index in [-0.39, 0.29) is 5.75 Å². The Morgan fingerprint density at radius 3 is 2.83 bits per heavy atom. The van der Waals surface area contributed by atoms with Gasteiger partial charge in [-0.05, 0) is 24.6 Å². The van der Waals surface area contributed by atoms with Crippen molar-refractivity contribution in [2.75, 3.05) is 6.61 Å². The normalized spacial score (nSPS) is 10.2. The van der Waals surface area contributed by atoms with Gasteiger partial charge >= 0.3 is 0 Å². The van der Waals surface area contributed by atoms with E-state index in [1.165, 1.54) is 0 Å². The van der Waals surface area contributed by atoms with Gasteiger partial charge in [0.15, 0.2) is 0 Å². The molecule has 1 N–H and O–H groups in total. The molecule has 1 aromatic rings. The molecule has 0 aliphatic carbocycles. The maximum absolute atomic E-state index is 9.09. The van der Waals surface area contributed by atoms with Crippen LogP contribution in [-0.2, 0) is 11.3 Å². The summed E-state index contributed by atoms with van der Waals surface area (Å²) in [5, 5.41) is 9.09. The standard InChI is InChI=1S/C9H11BrO2/c1-2-12-6-7-3-4-8(11)5-9(7)10/h3-5,11H,2,6H2,1H3. The maximum Gasteiger partial charge on any atom is 0.116 e. The van der Waals surface area contributed by atoms with Gasteiger partial charge in [0.2, 0.25) is 0 Å². The lowest BCUT2D eigenvalue weighted by Crippen LogP contribution is -1.92. The number of benzene rings is 1. The van der Waals surface area contributed by atoms with Crippen LogP contribution in [0.1, 0.15) is 12.5 Å². The van der Waals surface area contributed by atoms with Crippen molar-refractivity contribution in [3.05, 3.63) is 28.2 Å². The SMILES string of the molecule is CCOCc1ccc(O)cc1Br. The van der Waals surface area contributed by atoms with Crippen molar-refractivity contribution in [2.45, 2.75) is 13.5 Å². The number of hydrogen-bond acceptors (Lipinski definition) is 2. The van der Waals surface area contributed by atoms with Gasteiger partial charge in [-0.25, -0.2) is 0 Å². The van der Waals surface area contributed by atoms with Gasteiger partial charge in [-0.3, -0.25) is 0 Å². The summed E-state index contributed by atoms with van der Waals surface area (Å²) in [7, 11) is 0. The molecule has 0 bridgehead atoms. The molecule has 1 aromatic carbocycles. The van der Waals surface area contributed by atoms with Crippen molar-refractivity contribution in [3.8, 4) is 5.75 Å². The number of aromatic hydroxyl groups is 1. The lowest BCUT2D eigenvalue weighted by atomic mass is 10.2. The van der Waals surface area contributed by atoms with Crippen LogP contribution >= 0.6 is 15.9 Å². The van der Waals surface area contributed by atoms with E-state index in [1.54, 1.807) is 12.1 Å². The van der Waals surface area contributed by atoms with Gasteiger partial charge in [-0.1, -0.05) is 22.0 Å². The molecule has 0 aliphatic rings. The van der Waals surface area contributed by atoms with Crippen LogP contribution in [0.5, 0.6) is 5.75 Å². The first-order valence-corrected chi connectivity index (χ1v) is 4.58. The van der Waals surface area contributed by atoms with Crippen molar-refractivity contribution in [1.82, 2.24) is 0 Å². The summed E-state index contributed by atoms with van der Waals surface area (Å²) >= 11 is 3.34. The summed E-state index contributed by atoms with van der Waals surface area (Å²) in [6, 6.07) is 5.16. The second-order valence-electron chi connectivity index (χ2n) is 2.41. The predicted molar refractivity (Wildman–Crippen MR) is 51.1 cm³/mol. The van der Waals surface area contributed by atoms with Gasteiger partial charge in [0.1, 0.15) is 5.75 Å². The molecule has 0 radical (unpaired) electrons. The molecule has 0 amide bonds. The molecule has 0 heterocycles. The topological polar surface area (TPSA) is 29.5 Å². The molecule has 0 fully saturated rings. The number of ether oxygens (including phenoxy) is 1. The summed E-state index contributed by atoms with van der Waals surface area (Å²) < 4.78 is 6.11. The van der Waals surface area contributed by atoms with E-state index in [9.17, 15) is 0 Å². The smallest absolute Gasteiger partial charge is 0.116 e. The van der Waals surface area contributed by atoms with Crippen LogP contribution in [0.15, 0.2) is 22.7 Å². The second-order valence-corrected chi connectivity index (χ2v) is 3.27. The predicted octanol–water partition coefficient (Wildman–Crippen LogP) is 2.69. The van der Waals surface area contributed by atoms with E-state index in [0.717, 1.165) is 10.0 Å². The minimum atomic E-state index is 0.266. The van der Waals surface area contributed by atoms with Crippen molar-refractivity contribution in [2.24, 2.45) is 0 Å². The van der Waals surface area contributed by atoms with E-state index in [1.807, 2.05) is 13.0 Å². The van der Waals surface area contributed by atoms with Crippen LogP contribution in [0.25, 0.3) is 0 Å². The Morgan fingerprint density at radius 2 is 2.25 bits per heavy atom. The average molecular weight is 231 g/mol.